The van der Waals surface area contributed by atoms with Crippen LogP contribution in [-0.4, -0.2) is 135 Å². The van der Waals surface area contributed by atoms with Crippen molar-refractivity contribution in [3.05, 3.63) is 116 Å². The summed E-state index contributed by atoms with van der Waals surface area (Å²) in [5.74, 6) is 0.522. The van der Waals surface area contributed by atoms with Gasteiger partial charge in [-0.1, -0.05) is 58.5 Å². The Bertz CT molecular complexity index is 3200. The number of piperazine rings is 1. The molecule has 1 aliphatic heterocycles. The molecular weight excluding hydrogens is 1000 g/mol. The number of aromatic amines is 2. The van der Waals surface area contributed by atoms with Gasteiger partial charge in [0.2, 0.25) is 5.95 Å². The number of aromatic carboxylic acids is 1. The zero-order valence-electron chi connectivity index (χ0n) is 38.5. The summed E-state index contributed by atoms with van der Waals surface area (Å²) in [7, 11) is 8.07. The van der Waals surface area contributed by atoms with Crippen molar-refractivity contribution in [2.45, 2.75) is 6.54 Å². The van der Waals surface area contributed by atoms with Gasteiger partial charge in [0.05, 0.1) is 76.4 Å². The number of carbonyl (C=O) groups is 3. The van der Waals surface area contributed by atoms with Crippen molar-refractivity contribution < 1.29 is 38.4 Å². The number of H-pyrrole nitrogens is 2. The van der Waals surface area contributed by atoms with Crippen LogP contribution < -0.4 is 30.0 Å². The number of imidazole rings is 2. The van der Waals surface area contributed by atoms with Crippen molar-refractivity contribution in [3.8, 4) is 45.3 Å². The number of amides is 1. The number of anilines is 2. The lowest BCUT2D eigenvalue weighted by Crippen LogP contribution is -2.43. The third-order valence-corrected chi connectivity index (χ3v) is 12.5. The van der Waals surface area contributed by atoms with E-state index in [4.69, 9.17) is 71.1 Å². The van der Waals surface area contributed by atoms with Gasteiger partial charge in [0, 0.05) is 104 Å². The number of aromatic nitrogens is 8. The first-order valence-corrected chi connectivity index (χ1v) is 22.7. The van der Waals surface area contributed by atoms with Crippen molar-refractivity contribution in [2.75, 3.05) is 72.7 Å². The minimum Gasteiger partial charge on any atom is -0.495 e. The average Bonchev–Trinajstić information content (AvgIpc) is 4.02. The summed E-state index contributed by atoms with van der Waals surface area (Å²) in [4.78, 5) is 70.8. The summed E-state index contributed by atoms with van der Waals surface area (Å²) in [5, 5.41) is 13.0. The molecule has 5 heterocycles. The highest BCUT2D eigenvalue weighted by molar-refractivity contribution is 6.42. The van der Waals surface area contributed by atoms with Gasteiger partial charge in [0.15, 0.2) is 12.2 Å². The summed E-state index contributed by atoms with van der Waals surface area (Å²) in [6, 6.07) is 9.43. The highest BCUT2D eigenvalue weighted by atomic mass is 35.5. The van der Waals surface area contributed by atoms with Gasteiger partial charge < -0.3 is 44.7 Å². The molecule has 9 rings (SSSR count). The maximum atomic E-state index is 12.9. The Balaban J connectivity index is 0.000000168. The number of aldehydes is 1. The molecule has 6 N–H and O–H groups in total. The minimum absolute atomic E-state index is 0.0361. The molecule has 0 aliphatic carbocycles. The van der Waals surface area contributed by atoms with Crippen LogP contribution in [0.1, 0.15) is 36.9 Å². The number of nitrogen functional groups attached to an aromatic ring is 1. The normalized spacial score (nSPS) is 12.6. The van der Waals surface area contributed by atoms with Gasteiger partial charge in [-0.25, -0.2) is 14.8 Å². The number of carbonyl (C=O) groups excluding carboxylic acids is 2. The van der Waals surface area contributed by atoms with Crippen molar-refractivity contribution in [3.63, 3.8) is 0 Å². The second kappa shape index (κ2) is 23.1. The summed E-state index contributed by atoms with van der Waals surface area (Å²) < 4.78 is 21.3. The molecule has 1 fully saturated rings. The monoisotopic (exact) mass is 1040 g/mol. The Morgan fingerprint density at radius 1 is 0.690 bits per heavy atom. The van der Waals surface area contributed by atoms with E-state index in [1.807, 2.05) is 6.20 Å². The lowest BCUT2D eigenvalue weighted by atomic mass is 9.99. The van der Waals surface area contributed by atoms with Crippen LogP contribution in [0.25, 0.3) is 44.3 Å². The van der Waals surface area contributed by atoms with Crippen LogP contribution in [0.3, 0.4) is 0 Å². The topological polar surface area (TPSA) is 262 Å². The number of benzene rings is 4. The van der Waals surface area contributed by atoms with Crippen LogP contribution in [0.15, 0.2) is 73.6 Å². The second-order valence-corrected chi connectivity index (χ2v) is 16.8. The first-order chi connectivity index (χ1) is 34.2. The Kier molecular flexibility index (Phi) is 16.7. The fourth-order valence-electron chi connectivity index (χ4n) is 7.44. The predicted molar refractivity (Wildman–Crippen MR) is 271 cm³/mol. The maximum Gasteiger partial charge on any atom is 0.337 e. The number of hydrogen-bond acceptors (Lipinski definition) is 16. The van der Waals surface area contributed by atoms with Crippen LogP contribution in [0.5, 0.6) is 23.0 Å². The van der Waals surface area contributed by atoms with Gasteiger partial charge in [0.1, 0.15) is 39.7 Å². The minimum atomic E-state index is -1.10. The number of likely N-dealkylation sites (N-methyl/N-ethyl adjacent to an activating group) is 1. The number of nitrogens with one attached hydrogen (secondary N) is 3. The van der Waals surface area contributed by atoms with Gasteiger partial charge >= 0.3 is 5.97 Å². The van der Waals surface area contributed by atoms with Crippen LogP contribution in [0.4, 0.5) is 11.9 Å². The van der Waals surface area contributed by atoms with Crippen molar-refractivity contribution >= 4 is 98.5 Å². The molecule has 4 aromatic carbocycles. The molecule has 0 unspecified atom stereocenters. The van der Waals surface area contributed by atoms with Crippen molar-refractivity contribution in [2.24, 2.45) is 0 Å². The van der Waals surface area contributed by atoms with Gasteiger partial charge in [-0.3, -0.25) is 39.7 Å². The second-order valence-electron chi connectivity index (χ2n) is 15.3. The third kappa shape index (κ3) is 11.3. The molecule has 8 aromatic rings. The molecule has 0 bridgehead atoms. The predicted octanol–water partition coefficient (Wildman–Crippen LogP) is 8.47. The standard InChI is InChI=1S/C21H15Cl2N5O4.C17H12Cl2N2O4.C9H17N5/c1-31-13-7-14(32-2)17(23)15(16(13)22)11-3-4-12(19-18(11)24-5-6-25-19)20(30)28-21-26-8-10(9-29)27-21;1-24-10-7-11(25-2)14(19)12(13(10)18)8-3-4-9(17(22)23)16-15(8)20-5-6-21-16;1-13-2-4-14(5-3-13)7-8-6-11-9(10)12-8/h3-9H,1-2H3,(H2,26,27,28,30);3-7H,1-2H3,(H,22,23);6H,2-5,7H2,1H3,(H3,10,11,12). The number of nitrogens with two attached hydrogens (primary N) is 1. The Morgan fingerprint density at radius 3 is 1.58 bits per heavy atom. The van der Waals surface area contributed by atoms with Crippen molar-refractivity contribution in [1.82, 2.24) is 49.7 Å². The largest absolute Gasteiger partial charge is 0.495 e. The fourth-order valence-corrected chi connectivity index (χ4v) is 8.85. The van der Waals surface area contributed by atoms with E-state index in [1.165, 1.54) is 65.5 Å². The number of rotatable bonds is 12. The molecule has 71 heavy (non-hydrogen) atoms. The molecule has 4 aromatic heterocycles. The average molecular weight is 1050 g/mol. The smallest absolute Gasteiger partial charge is 0.337 e. The number of methoxy groups -OCH3 is 4. The number of ether oxygens (including phenoxy) is 4. The van der Waals surface area contributed by atoms with E-state index >= 15 is 0 Å². The van der Waals surface area contributed by atoms with E-state index in [0.717, 1.165) is 38.4 Å². The lowest BCUT2D eigenvalue weighted by molar-refractivity contribution is 0.0698. The first kappa shape index (κ1) is 51.5. The van der Waals surface area contributed by atoms with Crippen LogP contribution in [0.2, 0.25) is 20.1 Å². The zero-order chi connectivity index (χ0) is 50.9. The molecule has 0 saturated carbocycles. The number of carboxylic acids is 1. The summed E-state index contributed by atoms with van der Waals surface area (Å²) >= 11 is 26.0. The Labute approximate surface area is 425 Å². The van der Waals surface area contributed by atoms with Gasteiger partial charge in [-0.05, 0) is 19.2 Å². The van der Waals surface area contributed by atoms with E-state index in [2.05, 4.69) is 62.0 Å². The molecule has 0 spiro atoms. The molecule has 1 saturated heterocycles. The van der Waals surface area contributed by atoms with E-state index in [0.29, 0.717) is 74.0 Å². The Hall–Kier alpha value is -7.33. The summed E-state index contributed by atoms with van der Waals surface area (Å²) in [6.07, 6.45) is 9.69. The van der Waals surface area contributed by atoms with E-state index in [1.54, 1.807) is 30.3 Å². The number of hydrogen-bond donors (Lipinski definition) is 5. The van der Waals surface area contributed by atoms with Crippen molar-refractivity contribution in [1.29, 1.82) is 0 Å². The van der Waals surface area contributed by atoms with Crippen LogP contribution >= 0.6 is 46.4 Å². The SMILES string of the molecule is CN1CCN(Cc2c[nH]c(N)n2)CC1.COc1cc(OC)c(Cl)c(-c2ccc(C(=O)Nc3nc(C=O)c[nH]3)c3nccnc23)c1Cl.COc1cc(OC)c(Cl)c(-c2ccc(C(=O)O)c3nccnc23)c1Cl. The molecule has 20 nitrogen and oxygen atoms in total. The quantitative estimate of drug-likeness (QED) is 0.0719. The summed E-state index contributed by atoms with van der Waals surface area (Å²) in [6.45, 7) is 5.41. The maximum absolute atomic E-state index is 12.9. The molecule has 0 atom stereocenters. The highest BCUT2D eigenvalue weighted by Gasteiger charge is 2.25. The number of halogens is 4. The Morgan fingerprint density at radius 2 is 1.15 bits per heavy atom. The third-order valence-electron chi connectivity index (χ3n) is 11.0. The van der Waals surface area contributed by atoms with E-state index < -0.39 is 11.9 Å². The number of carboxylic acid groups (broad SMARTS) is 1. The molecule has 1 amide bonds. The lowest BCUT2D eigenvalue weighted by Gasteiger charge is -2.31. The molecular formula is C47H44Cl4N12O8. The highest BCUT2D eigenvalue weighted by Crippen LogP contribution is 2.49. The molecule has 0 radical (unpaired) electrons. The zero-order valence-corrected chi connectivity index (χ0v) is 41.5. The molecule has 368 valence electrons. The van der Waals surface area contributed by atoms with Crippen LogP contribution in [0, 0.1) is 0 Å². The van der Waals surface area contributed by atoms with Gasteiger partial charge in [-0.15, -0.1) is 0 Å². The molecule has 24 heteroatoms. The summed E-state index contributed by atoms with van der Waals surface area (Å²) in [5.41, 5.74) is 10.2. The number of nitrogens with zero attached hydrogens (tertiary/aromatic N) is 8. The first-order valence-electron chi connectivity index (χ1n) is 21.2. The number of fused-ring (bicyclic) bond motifs is 2. The van der Waals surface area contributed by atoms with E-state index in [-0.39, 0.29) is 48.4 Å². The van der Waals surface area contributed by atoms with Gasteiger partial charge in [-0.2, -0.15) is 0 Å². The molecule has 1 aliphatic rings. The van der Waals surface area contributed by atoms with Crippen LogP contribution in [-0.2, 0) is 6.54 Å². The fraction of sp³-hybridized carbons (Fsp3) is 0.213. The van der Waals surface area contributed by atoms with E-state index in [9.17, 15) is 19.5 Å². The van der Waals surface area contributed by atoms with Gasteiger partial charge in [0.25, 0.3) is 5.91 Å².